The van der Waals surface area contributed by atoms with Gasteiger partial charge in [0.05, 0.1) is 6.54 Å². The number of ketones is 1. The summed E-state index contributed by atoms with van der Waals surface area (Å²) >= 11 is 0. The minimum atomic E-state index is -0.859. The van der Waals surface area contributed by atoms with Crippen molar-refractivity contribution < 1.29 is 18.9 Å². The lowest BCUT2D eigenvalue weighted by molar-refractivity contribution is -0.132. The second kappa shape index (κ2) is 6.82. The second-order valence-corrected chi connectivity index (χ2v) is 9.41. The number of urea groups is 1. The van der Waals surface area contributed by atoms with Gasteiger partial charge < -0.3 is 9.84 Å². The molecule has 30 heavy (non-hydrogen) atoms. The molecule has 1 saturated carbocycles. The smallest absolute Gasteiger partial charge is 0.325 e. The fraction of sp³-hybridized carbons (Fsp3) is 0.545. The van der Waals surface area contributed by atoms with Crippen LogP contribution in [0.2, 0.25) is 0 Å². The predicted octanol–water partition coefficient (Wildman–Crippen LogP) is 3.46. The average Bonchev–Trinajstić information content (AvgIpc) is 3.29. The lowest BCUT2D eigenvalue weighted by Gasteiger charge is -2.39. The number of carbonyl (C=O) groups excluding carboxylic acids is 3. The van der Waals surface area contributed by atoms with E-state index < -0.39 is 11.6 Å². The highest BCUT2D eigenvalue weighted by Crippen LogP contribution is 2.42. The minimum Gasteiger partial charge on any atom is -0.360 e. The average molecular weight is 412 g/mol. The third kappa shape index (κ3) is 3.24. The molecule has 2 fully saturated rings. The molecule has 3 heterocycles. The van der Waals surface area contributed by atoms with Gasteiger partial charge in [0.25, 0.3) is 5.91 Å². The third-order valence-corrected chi connectivity index (χ3v) is 6.58. The van der Waals surface area contributed by atoms with E-state index >= 15 is 0 Å². The molecule has 1 spiro atoms. The van der Waals surface area contributed by atoms with Gasteiger partial charge in [-0.1, -0.05) is 19.0 Å². The van der Waals surface area contributed by atoms with Gasteiger partial charge in [-0.05, 0) is 57.9 Å². The summed E-state index contributed by atoms with van der Waals surface area (Å²) in [5, 5.41) is 6.91. The molecule has 8 nitrogen and oxygen atoms in total. The van der Waals surface area contributed by atoms with Gasteiger partial charge in [0, 0.05) is 23.0 Å². The van der Waals surface area contributed by atoms with Crippen LogP contribution in [0, 0.1) is 26.2 Å². The Kier molecular flexibility index (Phi) is 4.63. The van der Waals surface area contributed by atoms with E-state index in [4.69, 9.17) is 4.52 Å². The highest BCUT2D eigenvalue weighted by molar-refractivity contribution is 6.11. The van der Waals surface area contributed by atoms with Crippen molar-refractivity contribution in [3.05, 3.63) is 34.8 Å². The molecule has 3 amide bonds. The maximum Gasteiger partial charge on any atom is 0.325 e. The van der Waals surface area contributed by atoms with Gasteiger partial charge in [0.15, 0.2) is 11.6 Å². The summed E-state index contributed by atoms with van der Waals surface area (Å²) in [6, 6.07) is 3.08. The lowest BCUT2D eigenvalue weighted by Crippen LogP contribution is -2.51. The van der Waals surface area contributed by atoms with Gasteiger partial charge in [-0.3, -0.25) is 19.1 Å². The molecule has 0 atom stereocenters. The fourth-order valence-corrected chi connectivity index (χ4v) is 4.60. The molecule has 0 bridgehead atoms. The van der Waals surface area contributed by atoms with Crippen LogP contribution in [0.25, 0.3) is 5.82 Å². The molecule has 2 aromatic heterocycles. The maximum absolute atomic E-state index is 13.1. The Bertz CT molecular complexity index is 1040. The van der Waals surface area contributed by atoms with Crippen molar-refractivity contribution in [2.75, 3.05) is 6.54 Å². The Morgan fingerprint density at radius 1 is 1.13 bits per heavy atom. The predicted molar refractivity (Wildman–Crippen MR) is 110 cm³/mol. The highest BCUT2D eigenvalue weighted by atomic mass is 16.5. The van der Waals surface area contributed by atoms with Crippen molar-refractivity contribution in [3.63, 3.8) is 0 Å². The molecule has 0 aromatic carbocycles. The van der Waals surface area contributed by atoms with E-state index in [1.54, 1.807) is 19.1 Å². The number of amides is 3. The van der Waals surface area contributed by atoms with Crippen LogP contribution in [0.4, 0.5) is 4.79 Å². The Hall–Kier alpha value is -2.90. The number of imide groups is 1. The summed E-state index contributed by atoms with van der Waals surface area (Å²) < 4.78 is 6.98. The molecule has 2 aromatic rings. The molecule has 2 aliphatic rings. The van der Waals surface area contributed by atoms with Crippen LogP contribution in [0.5, 0.6) is 0 Å². The zero-order chi connectivity index (χ0) is 21.8. The number of hydrogen-bond acceptors (Lipinski definition) is 5. The van der Waals surface area contributed by atoms with Crippen LogP contribution >= 0.6 is 0 Å². The number of aryl methyl sites for hydroxylation is 2. The second-order valence-electron chi connectivity index (χ2n) is 9.41. The molecule has 1 aliphatic carbocycles. The highest BCUT2D eigenvalue weighted by Gasteiger charge is 2.53. The summed E-state index contributed by atoms with van der Waals surface area (Å²) in [7, 11) is 0. The monoisotopic (exact) mass is 412 g/mol. The standard InChI is InChI=1S/C22H28N4O4/c1-13-10-16(15(3)26(13)18-11-14(2)30-24-18)17(27)12-25-19(28)22(23-20(25)29)8-6-21(4,5)7-9-22/h10-11H,6-9,12H2,1-5H3,(H,23,29). The maximum atomic E-state index is 13.1. The van der Waals surface area contributed by atoms with Crippen molar-refractivity contribution >= 4 is 17.7 Å². The molecule has 1 saturated heterocycles. The number of carbonyl (C=O) groups is 3. The Morgan fingerprint density at radius 3 is 2.40 bits per heavy atom. The molecule has 0 radical (unpaired) electrons. The van der Waals surface area contributed by atoms with Crippen molar-refractivity contribution in [1.82, 2.24) is 19.9 Å². The minimum absolute atomic E-state index is 0.163. The number of nitrogens with one attached hydrogen (secondary N) is 1. The van der Waals surface area contributed by atoms with Gasteiger partial charge in [-0.25, -0.2) is 4.79 Å². The Labute approximate surface area is 175 Å². The van der Waals surface area contributed by atoms with E-state index in [1.165, 1.54) is 0 Å². The van der Waals surface area contributed by atoms with Crippen molar-refractivity contribution in [3.8, 4) is 5.82 Å². The van der Waals surface area contributed by atoms with Gasteiger partial charge >= 0.3 is 6.03 Å². The van der Waals surface area contributed by atoms with Crippen LogP contribution in [-0.2, 0) is 4.79 Å². The molecule has 0 unspecified atom stereocenters. The number of hydrogen-bond donors (Lipinski definition) is 1. The zero-order valence-electron chi connectivity index (χ0n) is 18.2. The molecule has 8 heteroatoms. The van der Waals surface area contributed by atoms with Crippen LogP contribution in [0.1, 0.15) is 67.0 Å². The molecule has 4 rings (SSSR count). The summed E-state index contributed by atoms with van der Waals surface area (Å²) in [5.74, 6) is 0.717. The fourth-order valence-electron chi connectivity index (χ4n) is 4.60. The lowest BCUT2D eigenvalue weighted by atomic mass is 9.69. The summed E-state index contributed by atoms with van der Waals surface area (Å²) in [6.07, 6.45) is 2.93. The number of nitrogens with zero attached hydrogens (tertiary/aromatic N) is 3. The van der Waals surface area contributed by atoms with Crippen LogP contribution in [0.3, 0.4) is 0 Å². The first kappa shape index (κ1) is 20.4. The summed E-state index contributed by atoms with van der Waals surface area (Å²) in [4.78, 5) is 39.8. The van der Waals surface area contributed by atoms with Gasteiger partial charge in [0.2, 0.25) is 0 Å². The Morgan fingerprint density at radius 2 is 1.80 bits per heavy atom. The van der Waals surface area contributed by atoms with Gasteiger partial charge in [-0.2, -0.15) is 0 Å². The summed E-state index contributed by atoms with van der Waals surface area (Å²) in [6.45, 7) is 9.58. The van der Waals surface area contributed by atoms with Crippen LogP contribution in [-0.4, -0.2) is 44.4 Å². The molecule has 160 valence electrons. The van der Waals surface area contributed by atoms with E-state index in [0.717, 1.165) is 23.4 Å². The van der Waals surface area contributed by atoms with E-state index in [1.807, 2.05) is 18.4 Å². The molecule has 1 aliphatic heterocycles. The van der Waals surface area contributed by atoms with Gasteiger partial charge in [-0.15, -0.1) is 0 Å². The van der Waals surface area contributed by atoms with Crippen molar-refractivity contribution in [2.45, 2.75) is 65.8 Å². The zero-order valence-corrected chi connectivity index (χ0v) is 18.2. The van der Waals surface area contributed by atoms with Crippen LogP contribution < -0.4 is 5.32 Å². The normalized spacial score (nSPS) is 20.1. The third-order valence-electron chi connectivity index (χ3n) is 6.58. The molecular formula is C22H28N4O4. The first-order valence-electron chi connectivity index (χ1n) is 10.3. The summed E-state index contributed by atoms with van der Waals surface area (Å²) in [5.41, 5.74) is 1.30. The number of rotatable bonds is 4. The van der Waals surface area contributed by atoms with Crippen molar-refractivity contribution in [2.24, 2.45) is 5.41 Å². The first-order chi connectivity index (χ1) is 14.0. The molecular weight excluding hydrogens is 384 g/mol. The number of aromatic nitrogens is 2. The SMILES string of the molecule is Cc1cc(-n2c(C)cc(C(=O)CN3C(=O)NC4(CCC(C)(C)CC4)C3=O)c2C)no1. The van der Waals surface area contributed by atoms with E-state index in [9.17, 15) is 14.4 Å². The van der Waals surface area contributed by atoms with E-state index in [0.29, 0.717) is 35.7 Å². The van der Waals surface area contributed by atoms with Crippen molar-refractivity contribution in [1.29, 1.82) is 0 Å². The molecule has 1 N–H and O–H groups in total. The van der Waals surface area contributed by atoms with E-state index in [-0.39, 0.29) is 23.7 Å². The van der Waals surface area contributed by atoms with Gasteiger partial charge in [0.1, 0.15) is 11.3 Å². The largest absolute Gasteiger partial charge is 0.360 e. The van der Waals surface area contributed by atoms with E-state index in [2.05, 4.69) is 24.3 Å². The quantitative estimate of drug-likeness (QED) is 0.613. The number of Topliss-reactive ketones (excluding diaryl/α,β-unsaturated/α-hetero) is 1. The first-order valence-corrected chi connectivity index (χ1v) is 10.3. The topological polar surface area (TPSA) is 97.4 Å². The van der Waals surface area contributed by atoms with Crippen LogP contribution in [0.15, 0.2) is 16.7 Å². The Balaban J connectivity index is 1.55.